The van der Waals surface area contributed by atoms with E-state index in [2.05, 4.69) is 41.0 Å². The van der Waals surface area contributed by atoms with Gasteiger partial charge in [-0.2, -0.15) is 0 Å². The van der Waals surface area contributed by atoms with E-state index in [1.807, 2.05) is 45.0 Å². The van der Waals surface area contributed by atoms with Crippen LogP contribution in [0, 0.1) is 13.8 Å². The van der Waals surface area contributed by atoms with Gasteiger partial charge < -0.3 is 44.3 Å². The van der Waals surface area contributed by atoms with E-state index in [9.17, 15) is 19.2 Å². The van der Waals surface area contributed by atoms with Crippen LogP contribution in [0.3, 0.4) is 0 Å². The zero-order valence-corrected chi connectivity index (χ0v) is 37.8. The Morgan fingerprint density at radius 2 is 1.48 bits per heavy atom. The Morgan fingerprint density at radius 1 is 0.823 bits per heavy atom. The Bertz CT molecular complexity index is 2390. The predicted octanol–water partition coefficient (Wildman–Crippen LogP) is 7.45. The molecule has 2 unspecified atom stereocenters. The molecule has 334 valence electrons. The maximum atomic E-state index is 14.4. The molecule has 0 fully saturated rings. The van der Waals surface area contributed by atoms with Crippen LogP contribution < -0.4 is 10.6 Å². The summed E-state index contributed by atoms with van der Waals surface area (Å²) in [7, 11) is 2.68. The first-order valence-corrected chi connectivity index (χ1v) is 21.2. The van der Waals surface area contributed by atoms with E-state index in [4.69, 9.17) is 33.7 Å². The normalized spacial score (nSPS) is 15.0. The van der Waals surface area contributed by atoms with Crippen LogP contribution in [0.2, 0.25) is 0 Å². The van der Waals surface area contributed by atoms with Crippen molar-refractivity contribution >= 4 is 57.2 Å². The maximum Gasteiger partial charge on any atom is 0.407 e. The van der Waals surface area contributed by atoms with Gasteiger partial charge in [-0.15, -0.1) is 0 Å². The quantitative estimate of drug-likeness (QED) is 0.0598. The molecule has 0 spiro atoms. The number of aryl methyl sites for hydroxylation is 3. The number of fused-ring (bicyclic) bond motifs is 8. The molecule has 8 bridgehead atoms. The van der Waals surface area contributed by atoms with E-state index in [0.717, 1.165) is 56.8 Å². The van der Waals surface area contributed by atoms with Crippen LogP contribution >= 0.6 is 0 Å². The maximum absolute atomic E-state index is 14.4. The Morgan fingerprint density at radius 3 is 2.11 bits per heavy atom. The molecule has 4 N–H and O–H groups in total. The third-order valence-electron chi connectivity index (χ3n) is 11.2. The number of amides is 2. The number of hydrogen-bond donors (Lipinski definition) is 4. The van der Waals surface area contributed by atoms with Crippen molar-refractivity contribution in [3.05, 3.63) is 81.4 Å². The minimum Gasteiger partial charge on any atom is -0.469 e. The molecular formula is C47H62N6O9. The van der Waals surface area contributed by atoms with Crippen LogP contribution in [-0.2, 0) is 46.1 Å². The van der Waals surface area contributed by atoms with Gasteiger partial charge in [-0.25, -0.2) is 9.78 Å². The number of rotatable bonds is 17. The van der Waals surface area contributed by atoms with Crippen molar-refractivity contribution in [2.24, 2.45) is 0 Å². The smallest absolute Gasteiger partial charge is 0.407 e. The summed E-state index contributed by atoms with van der Waals surface area (Å²) in [5, 5.41) is 5.65. The summed E-state index contributed by atoms with van der Waals surface area (Å²) >= 11 is 0. The van der Waals surface area contributed by atoms with Crippen LogP contribution in [0.15, 0.2) is 30.9 Å². The second kappa shape index (κ2) is 20.8. The molecule has 3 aromatic rings. The molecule has 5 heterocycles. The molecule has 2 aliphatic heterocycles. The molecule has 0 aromatic carbocycles. The number of carbonyl (C=O) groups is 4. The SMILES string of the molecule is C=CC1=C(C)c2cc3nc(c(CC(=O)OC)c4[nH]c(cc5[nH]c(cc1n2)c(C)c5CC)c(C)c4C(=O)NCCOCCOCCNC(=O)OC(C)(C)C)C(CCC(=O)OC)C3C. The number of carbonyl (C=O) groups excluding carboxylic acids is 4. The van der Waals surface area contributed by atoms with E-state index in [0.29, 0.717) is 46.4 Å². The Kier molecular flexibility index (Phi) is 15.9. The molecule has 2 amide bonds. The number of hydrogen-bond acceptors (Lipinski definition) is 11. The van der Waals surface area contributed by atoms with Gasteiger partial charge >= 0.3 is 18.0 Å². The zero-order valence-electron chi connectivity index (χ0n) is 37.8. The Hall–Kier alpha value is -5.80. The average molecular weight is 855 g/mol. The fourth-order valence-electron chi connectivity index (χ4n) is 7.90. The highest BCUT2D eigenvalue weighted by atomic mass is 16.6. The summed E-state index contributed by atoms with van der Waals surface area (Å²) in [6.07, 6.45) is 2.35. The van der Waals surface area contributed by atoms with Gasteiger partial charge in [0.15, 0.2) is 0 Å². The molecule has 62 heavy (non-hydrogen) atoms. The number of nitrogens with zero attached hydrogens (tertiary/aromatic N) is 2. The highest BCUT2D eigenvalue weighted by molar-refractivity contribution is 6.06. The van der Waals surface area contributed by atoms with Crippen molar-refractivity contribution in [2.75, 3.05) is 53.7 Å². The molecule has 0 saturated heterocycles. The van der Waals surface area contributed by atoms with Crippen LogP contribution in [0.4, 0.5) is 4.79 Å². The number of allylic oxidation sites excluding steroid dienone is 3. The molecule has 5 rings (SSSR count). The summed E-state index contributed by atoms with van der Waals surface area (Å²) in [6.45, 7) is 21.1. The fourth-order valence-corrected chi connectivity index (χ4v) is 7.90. The highest BCUT2D eigenvalue weighted by Gasteiger charge is 2.34. The van der Waals surface area contributed by atoms with Crippen LogP contribution in [-0.4, -0.2) is 103 Å². The molecular weight excluding hydrogens is 793 g/mol. The summed E-state index contributed by atoms with van der Waals surface area (Å²) in [6, 6.07) is 6.00. The number of alkyl carbamates (subject to hydrolysis) is 1. The summed E-state index contributed by atoms with van der Waals surface area (Å²) in [5.41, 5.74) is 10.6. The van der Waals surface area contributed by atoms with Crippen molar-refractivity contribution in [1.82, 2.24) is 30.6 Å². The monoisotopic (exact) mass is 854 g/mol. The fraction of sp³-hybridized carbons (Fsp3) is 0.489. The van der Waals surface area contributed by atoms with E-state index in [1.54, 1.807) is 20.8 Å². The first-order valence-electron chi connectivity index (χ1n) is 21.2. The van der Waals surface area contributed by atoms with Crippen molar-refractivity contribution in [2.45, 2.75) is 98.5 Å². The van der Waals surface area contributed by atoms with Crippen molar-refractivity contribution in [3.8, 4) is 0 Å². The summed E-state index contributed by atoms with van der Waals surface area (Å²) in [5.74, 6) is -1.78. The number of nitrogens with one attached hydrogen (secondary N) is 4. The lowest BCUT2D eigenvalue weighted by Crippen LogP contribution is -2.34. The lowest BCUT2D eigenvalue weighted by atomic mass is 9.85. The molecule has 0 radical (unpaired) electrons. The number of methoxy groups -OCH3 is 2. The van der Waals surface area contributed by atoms with Crippen LogP contribution in [0.1, 0.15) is 122 Å². The van der Waals surface area contributed by atoms with Gasteiger partial charge in [0, 0.05) is 64.7 Å². The predicted molar refractivity (Wildman–Crippen MR) is 239 cm³/mol. The summed E-state index contributed by atoms with van der Waals surface area (Å²) in [4.78, 5) is 69.6. The molecule has 15 heteroatoms. The van der Waals surface area contributed by atoms with E-state index in [-0.39, 0.29) is 69.5 Å². The largest absolute Gasteiger partial charge is 0.469 e. The van der Waals surface area contributed by atoms with Crippen LogP contribution in [0.25, 0.3) is 33.2 Å². The van der Waals surface area contributed by atoms with Gasteiger partial charge in [0.1, 0.15) is 5.60 Å². The average Bonchev–Trinajstić information content (AvgIpc) is 3.91. The standard InChI is InChI=1S/C47H62N6O9/c1-12-30-26(3)34-23-36-28(5)32(14-15-40(54)58-10)43(52-36)33(22-41(55)59-11)44-42(45(56)48-16-18-60-20-21-61-19-17-49-46(57)62-47(7,8)9)29(6)37(53-44)25-39-31(13-2)27(4)35(51-39)24-38(30)50-34/h12,23-25,28,32,51,53H,1,13-22H2,2-11H3,(H,48,56)(H,49,57). The Labute approximate surface area is 363 Å². The van der Waals surface area contributed by atoms with E-state index < -0.39 is 17.7 Å². The molecule has 2 atom stereocenters. The topological polar surface area (TPSA) is 196 Å². The first kappa shape index (κ1) is 47.3. The van der Waals surface area contributed by atoms with E-state index >= 15 is 0 Å². The molecule has 3 aromatic heterocycles. The van der Waals surface area contributed by atoms with Crippen LogP contribution in [0.5, 0.6) is 0 Å². The van der Waals surface area contributed by atoms with Crippen molar-refractivity contribution < 1.29 is 42.9 Å². The number of aromatic nitrogens is 4. The minimum absolute atomic E-state index is 0.120. The molecule has 0 saturated carbocycles. The van der Waals surface area contributed by atoms with Gasteiger partial charge in [-0.1, -0.05) is 26.5 Å². The first-order chi connectivity index (χ1) is 29.5. The van der Waals surface area contributed by atoms with Gasteiger partial charge in [-0.3, -0.25) is 19.4 Å². The van der Waals surface area contributed by atoms with Gasteiger partial charge in [0.25, 0.3) is 5.91 Å². The molecule has 2 aliphatic rings. The Balaban J connectivity index is 1.59. The lowest BCUT2D eigenvalue weighted by Gasteiger charge is -2.19. The minimum atomic E-state index is -0.584. The molecule has 15 nitrogen and oxygen atoms in total. The number of ether oxygens (including phenoxy) is 5. The highest BCUT2D eigenvalue weighted by Crippen LogP contribution is 2.43. The van der Waals surface area contributed by atoms with Gasteiger partial charge in [-0.05, 0) is 94.8 Å². The summed E-state index contributed by atoms with van der Waals surface area (Å²) < 4.78 is 26.8. The second-order valence-electron chi connectivity index (χ2n) is 16.5. The van der Waals surface area contributed by atoms with Gasteiger partial charge in [0.2, 0.25) is 0 Å². The van der Waals surface area contributed by atoms with Crippen molar-refractivity contribution in [3.63, 3.8) is 0 Å². The number of H-pyrrole nitrogens is 2. The van der Waals surface area contributed by atoms with Crippen molar-refractivity contribution in [1.29, 1.82) is 0 Å². The number of esters is 2. The third-order valence-corrected chi connectivity index (χ3v) is 11.2. The van der Waals surface area contributed by atoms with E-state index in [1.165, 1.54) is 14.2 Å². The lowest BCUT2D eigenvalue weighted by molar-refractivity contribution is -0.141. The number of aromatic amines is 2. The third kappa shape index (κ3) is 11.2. The zero-order chi connectivity index (χ0) is 45.3. The molecule has 0 aliphatic carbocycles. The van der Waals surface area contributed by atoms with Gasteiger partial charge in [0.05, 0.1) is 75.2 Å². The second-order valence-corrected chi connectivity index (χ2v) is 16.5.